The highest BCUT2D eigenvalue weighted by Gasteiger charge is 2.20. The zero-order chi connectivity index (χ0) is 15.7. The fraction of sp³-hybridized carbons (Fsp3) is 0.833. The van der Waals surface area contributed by atoms with E-state index in [9.17, 15) is 9.59 Å². The molecule has 0 aromatic carbocycles. The van der Waals surface area contributed by atoms with Crippen molar-refractivity contribution in [2.24, 2.45) is 0 Å². The minimum absolute atomic E-state index is 0.291. The lowest BCUT2D eigenvalue weighted by Crippen LogP contribution is -2.37. The molecule has 8 heteroatoms. The second-order valence-electron chi connectivity index (χ2n) is 4.14. The number of carbonyl (C=O) groups is 2. The molecule has 0 saturated heterocycles. The Hall–Kier alpha value is 0.1000. The average molecular weight is 366 g/mol. The van der Waals surface area contributed by atoms with E-state index in [-0.39, 0.29) is 11.8 Å². The van der Waals surface area contributed by atoms with Crippen LogP contribution in [0.4, 0.5) is 0 Å². The summed E-state index contributed by atoms with van der Waals surface area (Å²) in [6.45, 7) is 5.95. The zero-order valence-corrected chi connectivity index (χ0v) is 14.6. The van der Waals surface area contributed by atoms with Crippen molar-refractivity contribution >= 4 is 58.2 Å². The smallest absolute Gasteiger partial charge is 0.255 e. The van der Waals surface area contributed by atoms with Crippen LogP contribution in [-0.2, 0) is 9.59 Å². The number of halogens is 4. The number of hydrogen-bond acceptors (Lipinski definition) is 2. The molecule has 0 saturated carbocycles. The van der Waals surface area contributed by atoms with Crippen LogP contribution < -0.4 is 0 Å². The van der Waals surface area contributed by atoms with Gasteiger partial charge in [-0.05, 0) is 26.7 Å². The van der Waals surface area contributed by atoms with Crippen LogP contribution in [0.25, 0.3) is 0 Å². The summed E-state index contributed by atoms with van der Waals surface area (Å²) in [5.74, 6) is -0.582. The standard InChI is InChI=1S/C12H20Cl4N2O2/c1-3-17(11(19)9(13)14)7-5-6-8-18(4-2)12(20)10(15)16/h9-10H,3-8H2,1-2H3. The number of carbonyl (C=O) groups excluding carboxylic acids is 2. The summed E-state index contributed by atoms with van der Waals surface area (Å²) in [5.41, 5.74) is 0. The summed E-state index contributed by atoms with van der Waals surface area (Å²) in [6.07, 6.45) is 1.50. The van der Waals surface area contributed by atoms with Gasteiger partial charge in [0.1, 0.15) is 0 Å². The normalized spacial score (nSPS) is 11.0. The van der Waals surface area contributed by atoms with E-state index in [0.717, 1.165) is 12.8 Å². The van der Waals surface area contributed by atoms with Gasteiger partial charge in [-0.1, -0.05) is 46.4 Å². The Bertz CT molecular complexity index is 284. The van der Waals surface area contributed by atoms with Crippen LogP contribution in [0.2, 0.25) is 0 Å². The van der Waals surface area contributed by atoms with E-state index in [4.69, 9.17) is 46.4 Å². The van der Waals surface area contributed by atoms with Gasteiger partial charge < -0.3 is 9.80 Å². The van der Waals surface area contributed by atoms with Crippen LogP contribution in [-0.4, -0.2) is 57.5 Å². The molecule has 0 rings (SSSR count). The van der Waals surface area contributed by atoms with E-state index in [1.54, 1.807) is 9.80 Å². The fourth-order valence-corrected chi connectivity index (χ4v) is 2.28. The maximum Gasteiger partial charge on any atom is 0.255 e. The van der Waals surface area contributed by atoms with E-state index >= 15 is 0 Å². The van der Waals surface area contributed by atoms with Crippen LogP contribution in [0.3, 0.4) is 0 Å². The zero-order valence-electron chi connectivity index (χ0n) is 11.6. The predicted octanol–water partition coefficient (Wildman–Crippen LogP) is 3.07. The van der Waals surface area contributed by atoms with Crippen molar-refractivity contribution in [3.8, 4) is 0 Å². The third-order valence-electron chi connectivity index (χ3n) is 2.87. The first-order valence-corrected chi connectivity index (χ1v) is 8.23. The van der Waals surface area contributed by atoms with E-state index in [1.165, 1.54) is 0 Å². The first kappa shape index (κ1) is 20.1. The van der Waals surface area contributed by atoms with Crippen molar-refractivity contribution in [1.29, 1.82) is 0 Å². The molecule has 0 spiro atoms. The van der Waals surface area contributed by atoms with Gasteiger partial charge in [0.25, 0.3) is 11.8 Å². The number of alkyl halides is 4. The predicted molar refractivity (Wildman–Crippen MR) is 84.7 cm³/mol. The Balaban J connectivity index is 4.10. The van der Waals surface area contributed by atoms with E-state index in [1.807, 2.05) is 13.8 Å². The van der Waals surface area contributed by atoms with E-state index in [0.29, 0.717) is 26.2 Å². The maximum absolute atomic E-state index is 11.6. The van der Waals surface area contributed by atoms with Crippen LogP contribution in [0.15, 0.2) is 0 Å². The molecule has 0 heterocycles. The lowest BCUT2D eigenvalue weighted by Gasteiger charge is -2.24. The first-order chi connectivity index (χ1) is 9.34. The molecule has 0 radical (unpaired) electrons. The van der Waals surface area contributed by atoms with Gasteiger partial charge in [0.05, 0.1) is 0 Å². The minimum atomic E-state index is -1.03. The summed E-state index contributed by atoms with van der Waals surface area (Å²) >= 11 is 22.2. The molecule has 0 aromatic rings. The van der Waals surface area contributed by atoms with Crippen molar-refractivity contribution in [3.63, 3.8) is 0 Å². The number of unbranched alkanes of at least 4 members (excludes halogenated alkanes) is 1. The van der Waals surface area contributed by atoms with Crippen LogP contribution in [0.1, 0.15) is 26.7 Å². The Morgan fingerprint density at radius 1 is 0.800 bits per heavy atom. The quantitative estimate of drug-likeness (QED) is 0.465. The number of rotatable bonds is 9. The minimum Gasteiger partial charge on any atom is -0.341 e. The van der Waals surface area contributed by atoms with Gasteiger partial charge in [-0.25, -0.2) is 0 Å². The highest BCUT2D eigenvalue weighted by molar-refractivity contribution is 6.53. The summed E-state index contributed by atoms with van der Waals surface area (Å²) in [7, 11) is 0. The molecule has 0 atom stereocenters. The van der Waals surface area contributed by atoms with Crippen molar-refractivity contribution in [3.05, 3.63) is 0 Å². The first-order valence-electron chi connectivity index (χ1n) is 6.48. The molecule has 0 aliphatic carbocycles. The summed E-state index contributed by atoms with van der Waals surface area (Å²) in [4.78, 5) is 24.4. The van der Waals surface area contributed by atoms with Crippen molar-refractivity contribution in [1.82, 2.24) is 9.80 Å². The van der Waals surface area contributed by atoms with E-state index in [2.05, 4.69) is 0 Å². The number of nitrogens with zero attached hydrogens (tertiary/aromatic N) is 2. The van der Waals surface area contributed by atoms with Gasteiger partial charge >= 0.3 is 0 Å². The molecule has 0 fully saturated rings. The van der Waals surface area contributed by atoms with Gasteiger partial charge in [0, 0.05) is 26.2 Å². The van der Waals surface area contributed by atoms with Gasteiger partial charge in [-0.3, -0.25) is 9.59 Å². The lowest BCUT2D eigenvalue weighted by molar-refractivity contribution is -0.130. The molecule has 4 nitrogen and oxygen atoms in total. The largest absolute Gasteiger partial charge is 0.341 e. The van der Waals surface area contributed by atoms with Crippen LogP contribution in [0, 0.1) is 0 Å². The van der Waals surface area contributed by atoms with Crippen LogP contribution in [0.5, 0.6) is 0 Å². The maximum atomic E-state index is 11.6. The van der Waals surface area contributed by atoms with Crippen LogP contribution >= 0.6 is 46.4 Å². The average Bonchev–Trinajstić information content (AvgIpc) is 2.41. The molecule has 0 bridgehead atoms. The molecule has 0 aliphatic rings. The second-order valence-corrected chi connectivity index (χ2v) is 6.34. The number of amides is 2. The molecule has 2 amide bonds. The third-order valence-corrected chi connectivity index (χ3v) is 3.61. The highest BCUT2D eigenvalue weighted by atomic mass is 35.5. The van der Waals surface area contributed by atoms with Crippen molar-refractivity contribution in [2.75, 3.05) is 26.2 Å². The van der Waals surface area contributed by atoms with Crippen molar-refractivity contribution in [2.45, 2.75) is 36.4 Å². The summed E-state index contributed by atoms with van der Waals surface area (Å²) in [6, 6.07) is 0. The molecule has 0 aliphatic heterocycles. The molecular weight excluding hydrogens is 346 g/mol. The molecule has 0 unspecified atom stereocenters. The molecule has 118 valence electrons. The third kappa shape index (κ3) is 7.21. The Morgan fingerprint density at radius 2 is 1.10 bits per heavy atom. The molecular formula is C12H20Cl4N2O2. The van der Waals surface area contributed by atoms with Gasteiger partial charge in [-0.2, -0.15) is 0 Å². The molecule has 0 aromatic heterocycles. The Morgan fingerprint density at radius 3 is 1.30 bits per heavy atom. The Labute approximate surface area is 140 Å². The van der Waals surface area contributed by atoms with Gasteiger partial charge in [0.2, 0.25) is 0 Å². The lowest BCUT2D eigenvalue weighted by atomic mass is 10.2. The second kappa shape index (κ2) is 10.8. The van der Waals surface area contributed by atoms with Gasteiger partial charge in [-0.15, -0.1) is 0 Å². The number of hydrogen-bond donors (Lipinski definition) is 0. The molecule has 20 heavy (non-hydrogen) atoms. The Kier molecular flexibility index (Phi) is 10.8. The van der Waals surface area contributed by atoms with E-state index < -0.39 is 9.67 Å². The van der Waals surface area contributed by atoms with Crippen molar-refractivity contribution < 1.29 is 9.59 Å². The highest BCUT2D eigenvalue weighted by Crippen LogP contribution is 2.10. The molecule has 0 N–H and O–H groups in total. The SMILES string of the molecule is CCN(CCCCN(CC)C(=O)C(Cl)Cl)C(=O)C(Cl)Cl. The monoisotopic (exact) mass is 364 g/mol. The topological polar surface area (TPSA) is 40.6 Å². The van der Waals surface area contributed by atoms with Gasteiger partial charge in [0.15, 0.2) is 9.67 Å². The fourth-order valence-electron chi connectivity index (χ4n) is 1.73. The summed E-state index contributed by atoms with van der Waals surface area (Å²) < 4.78 is 0. The summed E-state index contributed by atoms with van der Waals surface area (Å²) in [5, 5.41) is 0.